The van der Waals surface area contributed by atoms with Crippen LogP contribution in [0.15, 0.2) is 42.5 Å². The third kappa shape index (κ3) is 1.08. The Hall–Kier alpha value is -1.82. The molecule has 0 aromatic heterocycles. The van der Waals surface area contributed by atoms with Gasteiger partial charge < -0.3 is 0 Å². The zero-order valence-corrected chi connectivity index (χ0v) is 7.54. The van der Waals surface area contributed by atoms with Gasteiger partial charge in [-0.1, -0.05) is 24.3 Å². The highest BCUT2D eigenvalue weighted by molar-refractivity contribution is 5.97. The first kappa shape index (κ1) is 7.57. The van der Waals surface area contributed by atoms with E-state index in [2.05, 4.69) is 36.4 Å². The predicted molar refractivity (Wildman–Crippen MR) is 58.0 cm³/mol. The molecule has 0 heteroatoms. The number of hydrogen-bond acceptors (Lipinski definition) is 0. The van der Waals surface area contributed by atoms with Crippen molar-refractivity contribution in [1.82, 2.24) is 0 Å². The van der Waals surface area contributed by atoms with Gasteiger partial charge in [0.15, 0.2) is 0 Å². The molecule has 0 amide bonds. The summed E-state index contributed by atoms with van der Waals surface area (Å²) >= 11 is 0. The maximum absolute atomic E-state index is 3.36. The quantitative estimate of drug-likeness (QED) is 0.459. The zero-order chi connectivity index (χ0) is 9.38. The highest BCUT2D eigenvalue weighted by Crippen LogP contribution is 2.21. The summed E-state index contributed by atoms with van der Waals surface area (Å²) in [7, 11) is 0. The van der Waals surface area contributed by atoms with Crippen LogP contribution in [0.1, 0.15) is 0 Å². The fourth-order valence-electron chi connectivity index (χ4n) is 1.67. The molecule has 0 saturated heterocycles. The molecule has 0 aliphatic rings. The average Bonchev–Trinajstić information content (AvgIpc) is 2.26. The third-order valence-corrected chi connectivity index (χ3v) is 2.38. The van der Waals surface area contributed by atoms with Crippen molar-refractivity contribution in [3.05, 3.63) is 60.7 Å². The standard InChI is InChI=1S/C14H7/c1-2-6-12-10-14-8-4-3-7-13(14)9-11(12)5-1/h1-2,5-9H. The van der Waals surface area contributed by atoms with E-state index in [1.165, 1.54) is 10.8 Å². The van der Waals surface area contributed by atoms with Gasteiger partial charge >= 0.3 is 0 Å². The molecule has 3 aromatic carbocycles. The number of benzene rings is 3. The minimum Gasteiger partial charge on any atom is -0.0616 e. The van der Waals surface area contributed by atoms with Gasteiger partial charge in [0.1, 0.15) is 0 Å². The van der Waals surface area contributed by atoms with E-state index in [1.54, 1.807) is 0 Å². The molecule has 63 valence electrons. The van der Waals surface area contributed by atoms with E-state index in [0.717, 1.165) is 10.8 Å². The molecule has 0 bridgehead atoms. The monoisotopic (exact) mass is 175 g/mol. The first-order valence-corrected chi connectivity index (χ1v) is 4.56. The van der Waals surface area contributed by atoms with Crippen LogP contribution in [0.3, 0.4) is 0 Å². The third-order valence-electron chi connectivity index (χ3n) is 2.38. The van der Waals surface area contributed by atoms with E-state index in [9.17, 15) is 0 Å². The van der Waals surface area contributed by atoms with Gasteiger partial charge in [-0.25, -0.2) is 0 Å². The van der Waals surface area contributed by atoms with E-state index < -0.39 is 0 Å². The fraction of sp³-hybridized carbons (Fsp3) is 0. The van der Waals surface area contributed by atoms with Crippen LogP contribution in [0.25, 0.3) is 21.5 Å². The first-order valence-electron chi connectivity index (χ1n) is 4.56. The largest absolute Gasteiger partial charge is 0.0616 e. The van der Waals surface area contributed by atoms with Gasteiger partial charge in [0.25, 0.3) is 0 Å². The lowest BCUT2D eigenvalue weighted by molar-refractivity contribution is 1.73. The van der Waals surface area contributed by atoms with Crippen LogP contribution in [0.4, 0.5) is 0 Å². The second kappa shape index (κ2) is 2.85. The maximum Gasteiger partial charge on any atom is -0.00141 e. The molecule has 0 aliphatic heterocycles. The lowest BCUT2D eigenvalue weighted by Crippen LogP contribution is -1.75. The molecule has 14 heavy (non-hydrogen) atoms. The SMILES string of the molecule is [c]1[c]cc2cc3ccccc3[c]c2c1. The Labute approximate surface area is 82.8 Å². The number of fused-ring (bicyclic) bond motifs is 2. The molecule has 0 N–H and O–H groups in total. The van der Waals surface area contributed by atoms with Crippen molar-refractivity contribution in [2.75, 3.05) is 0 Å². The molecule has 0 aliphatic carbocycles. The van der Waals surface area contributed by atoms with Crippen molar-refractivity contribution in [3.63, 3.8) is 0 Å². The Morgan fingerprint density at radius 2 is 1.64 bits per heavy atom. The van der Waals surface area contributed by atoms with Crippen LogP contribution in [0, 0.1) is 18.2 Å². The molecule has 3 aromatic rings. The molecule has 0 fully saturated rings. The van der Waals surface area contributed by atoms with Crippen LogP contribution in [0.2, 0.25) is 0 Å². The van der Waals surface area contributed by atoms with Gasteiger partial charge in [-0.05, 0) is 57.9 Å². The van der Waals surface area contributed by atoms with Gasteiger partial charge in [0.2, 0.25) is 0 Å². The Morgan fingerprint density at radius 3 is 2.64 bits per heavy atom. The van der Waals surface area contributed by atoms with Gasteiger partial charge in [0, 0.05) is 0 Å². The topological polar surface area (TPSA) is 0 Å². The summed E-state index contributed by atoms with van der Waals surface area (Å²) in [4.78, 5) is 0. The number of hydrogen-bond donors (Lipinski definition) is 0. The summed E-state index contributed by atoms with van der Waals surface area (Å²) in [6.45, 7) is 0. The summed E-state index contributed by atoms with van der Waals surface area (Å²) in [5.41, 5.74) is 0. The van der Waals surface area contributed by atoms with E-state index >= 15 is 0 Å². The first-order chi connectivity index (χ1) is 6.93. The molecular formula is C14H7. The second-order valence-electron chi connectivity index (χ2n) is 3.30. The molecular weight excluding hydrogens is 168 g/mol. The van der Waals surface area contributed by atoms with E-state index in [0.29, 0.717) is 0 Å². The molecule has 0 nitrogen and oxygen atoms in total. The molecule has 0 unspecified atom stereocenters. The second-order valence-corrected chi connectivity index (χ2v) is 3.30. The Balaban J connectivity index is 2.52. The summed E-state index contributed by atoms with van der Waals surface area (Å²) < 4.78 is 0. The van der Waals surface area contributed by atoms with Crippen molar-refractivity contribution in [2.45, 2.75) is 0 Å². The molecule has 0 saturated carbocycles. The van der Waals surface area contributed by atoms with Crippen molar-refractivity contribution < 1.29 is 0 Å². The zero-order valence-electron chi connectivity index (χ0n) is 7.54. The average molecular weight is 175 g/mol. The Morgan fingerprint density at radius 1 is 0.786 bits per heavy atom. The minimum atomic E-state index is 1.10. The van der Waals surface area contributed by atoms with Crippen LogP contribution in [-0.4, -0.2) is 0 Å². The van der Waals surface area contributed by atoms with Crippen LogP contribution in [-0.2, 0) is 0 Å². The Kier molecular flexibility index (Phi) is 1.54. The van der Waals surface area contributed by atoms with Gasteiger partial charge in [-0.15, -0.1) is 0 Å². The summed E-state index contributed by atoms with van der Waals surface area (Å²) in [5.74, 6) is 0. The highest BCUT2D eigenvalue weighted by atomic mass is 14.0. The van der Waals surface area contributed by atoms with E-state index in [4.69, 9.17) is 0 Å². The smallest absolute Gasteiger partial charge is 0.00141 e. The maximum atomic E-state index is 3.36. The lowest BCUT2D eigenvalue weighted by atomic mass is 10.0. The van der Waals surface area contributed by atoms with Crippen molar-refractivity contribution in [3.8, 4) is 0 Å². The van der Waals surface area contributed by atoms with Crippen molar-refractivity contribution in [2.24, 2.45) is 0 Å². The van der Waals surface area contributed by atoms with Crippen LogP contribution in [0.5, 0.6) is 0 Å². The summed E-state index contributed by atoms with van der Waals surface area (Å²) in [5, 5.41) is 4.64. The van der Waals surface area contributed by atoms with E-state index in [1.807, 2.05) is 24.3 Å². The van der Waals surface area contributed by atoms with Gasteiger partial charge in [-0.2, -0.15) is 0 Å². The van der Waals surface area contributed by atoms with Gasteiger partial charge in [0.05, 0.1) is 0 Å². The molecule has 0 heterocycles. The number of rotatable bonds is 0. The van der Waals surface area contributed by atoms with E-state index in [-0.39, 0.29) is 0 Å². The summed E-state index contributed by atoms with van der Waals surface area (Å²) in [6, 6.07) is 23.5. The van der Waals surface area contributed by atoms with Gasteiger partial charge in [-0.3, -0.25) is 0 Å². The van der Waals surface area contributed by atoms with Crippen LogP contribution < -0.4 is 0 Å². The lowest BCUT2D eigenvalue weighted by Gasteiger charge is -1.99. The summed E-state index contributed by atoms with van der Waals surface area (Å²) in [6.07, 6.45) is 0. The molecule has 0 spiro atoms. The van der Waals surface area contributed by atoms with Crippen LogP contribution >= 0.6 is 0 Å². The van der Waals surface area contributed by atoms with Crippen molar-refractivity contribution >= 4 is 21.5 Å². The molecule has 3 radical (unpaired) electrons. The fourth-order valence-corrected chi connectivity index (χ4v) is 1.67. The Bertz CT molecular complexity index is 489. The predicted octanol–water partition coefficient (Wildman–Crippen LogP) is 3.39. The normalized spacial score (nSPS) is 10.9. The van der Waals surface area contributed by atoms with Crippen molar-refractivity contribution in [1.29, 1.82) is 0 Å². The molecule has 3 rings (SSSR count). The minimum absolute atomic E-state index is 1.10. The highest BCUT2D eigenvalue weighted by Gasteiger charge is 1.96. The molecule has 0 atom stereocenters.